The summed E-state index contributed by atoms with van der Waals surface area (Å²) in [6, 6.07) is 4.31. The summed E-state index contributed by atoms with van der Waals surface area (Å²) in [4.78, 5) is 0. The largest absolute Gasteiger partial charge is 0.508 e. The average Bonchev–Trinajstić information content (AvgIpc) is 2.21. The van der Waals surface area contributed by atoms with Crippen LogP contribution in [0.25, 0.3) is 0 Å². The first-order valence-electron chi connectivity index (χ1n) is 4.64. The van der Waals surface area contributed by atoms with Crippen molar-refractivity contribution in [2.24, 2.45) is 0 Å². The van der Waals surface area contributed by atoms with Gasteiger partial charge in [0, 0.05) is 24.7 Å². The SMILES string of the molecule is OCC(O)CNCc1ccc(O)cc1O. The van der Waals surface area contributed by atoms with E-state index < -0.39 is 6.10 Å². The van der Waals surface area contributed by atoms with Crippen molar-refractivity contribution in [1.29, 1.82) is 0 Å². The molecule has 1 atom stereocenters. The Kier molecular flexibility index (Phi) is 4.36. The van der Waals surface area contributed by atoms with Crippen LogP contribution in [0.1, 0.15) is 5.56 Å². The highest BCUT2D eigenvalue weighted by Crippen LogP contribution is 2.21. The number of rotatable bonds is 5. The van der Waals surface area contributed by atoms with E-state index in [2.05, 4.69) is 5.32 Å². The molecule has 0 heterocycles. The van der Waals surface area contributed by atoms with E-state index in [1.807, 2.05) is 0 Å². The molecule has 1 unspecified atom stereocenters. The highest BCUT2D eigenvalue weighted by atomic mass is 16.3. The smallest absolute Gasteiger partial charge is 0.123 e. The number of hydrogen-bond acceptors (Lipinski definition) is 5. The van der Waals surface area contributed by atoms with E-state index >= 15 is 0 Å². The quantitative estimate of drug-likeness (QED) is 0.456. The van der Waals surface area contributed by atoms with Gasteiger partial charge in [-0.25, -0.2) is 0 Å². The van der Waals surface area contributed by atoms with Crippen molar-refractivity contribution in [3.05, 3.63) is 23.8 Å². The summed E-state index contributed by atoms with van der Waals surface area (Å²) in [5.41, 5.74) is 0.623. The zero-order chi connectivity index (χ0) is 11.3. The maximum atomic E-state index is 9.40. The summed E-state index contributed by atoms with van der Waals surface area (Å²) in [5, 5.41) is 38.9. The Balaban J connectivity index is 2.44. The zero-order valence-electron chi connectivity index (χ0n) is 8.22. The number of aromatic hydroxyl groups is 2. The van der Waals surface area contributed by atoms with Gasteiger partial charge >= 0.3 is 0 Å². The molecule has 0 radical (unpaired) electrons. The van der Waals surface area contributed by atoms with Crippen molar-refractivity contribution in [1.82, 2.24) is 5.32 Å². The fourth-order valence-electron chi connectivity index (χ4n) is 1.14. The van der Waals surface area contributed by atoms with E-state index in [1.54, 1.807) is 6.07 Å². The standard InChI is InChI=1S/C10H15NO4/c12-6-9(14)5-11-4-7-1-2-8(13)3-10(7)15/h1-3,9,11-15H,4-6H2. The van der Waals surface area contributed by atoms with Gasteiger partial charge < -0.3 is 25.7 Å². The summed E-state index contributed by atoms with van der Waals surface area (Å²) >= 11 is 0. The highest BCUT2D eigenvalue weighted by molar-refractivity contribution is 5.38. The monoisotopic (exact) mass is 213 g/mol. The van der Waals surface area contributed by atoms with Gasteiger partial charge in [0.2, 0.25) is 0 Å². The Labute approximate surface area is 87.6 Å². The minimum Gasteiger partial charge on any atom is -0.508 e. The van der Waals surface area contributed by atoms with E-state index in [1.165, 1.54) is 12.1 Å². The predicted molar refractivity (Wildman–Crippen MR) is 54.6 cm³/mol. The average molecular weight is 213 g/mol. The minimum atomic E-state index is -0.802. The first-order valence-corrected chi connectivity index (χ1v) is 4.64. The molecule has 0 aliphatic heterocycles. The first kappa shape index (κ1) is 11.8. The van der Waals surface area contributed by atoms with E-state index in [0.29, 0.717) is 12.1 Å². The molecule has 0 saturated carbocycles. The summed E-state index contributed by atoms with van der Waals surface area (Å²) in [5.74, 6) is 0.00707. The van der Waals surface area contributed by atoms with Crippen LogP contribution in [0.2, 0.25) is 0 Å². The molecule has 0 fully saturated rings. The van der Waals surface area contributed by atoms with Crippen molar-refractivity contribution in [2.45, 2.75) is 12.6 Å². The van der Waals surface area contributed by atoms with Gasteiger partial charge in [0.1, 0.15) is 11.5 Å². The molecule has 0 aromatic heterocycles. The lowest BCUT2D eigenvalue weighted by Gasteiger charge is -2.09. The molecular weight excluding hydrogens is 198 g/mol. The lowest BCUT2D eigenvalue weighted by molar-refractivity contribution is 0.0942. The van der Waals surface area contributed by atoms with Gasteiger partial charge in [0.15, 0.2) is 0 Å². The van der Waals surface area contributed by atoms with E-state index in [4.69, 9.17) is 15.3 Å². The lowest BCUT2D eigenvalue weighted by Crippen LogP contribution is -2.28. The van der Waals surface area contributed by atoms with Crippen LogP contribution in [0.15, 0.2) is 18.2 Å². The number of aliphatic hydroxyl groups is 2. The van der Waals surface area contributed by atoms with E-state index in [-0.39, 0.29) is 24.7 Å². The maximum absolute atomic E-state index is 9.40. The van der Waals surface area contributed by atoms with Gasteiger partial charge in [-0.3, -0.25) is 0 Å². The summed E-state index contributed by atoms with van der Waals surface area (Å²) < 4.78 is 0. The van der Waals surface area contributed by atoms with Crippen LogP contribution in [-0.4, -0.2) is 39.7 Å². The lowest BCUT2D eigenvalue weighted by atomic mass is 10.2. The predicted octanol–water partition coefficient (Wildman–Crippen LogP) is -0.459. The van der Waals surface area contributed by atoms with Crippen molar-refractivity contribution >= 4 is 0 Å². The Morgan fingerprint density at radius 2 is 2.00 bits per heavy atom. The van der Waals surface area contributed by atoms with Crippen LogP contribution in [-0.2, 0) is 6.54 Å². The van der Waals surface area contributed by atoms with Crippen LogP contribution in [0.3, 0.4) is 0 Å². The van der Waals surface area contributed by atoms with E-state index in [9.17, 15) is 5.11 Å². The summed E-state index contributed by atoms with van der Waals surface area (Å²) in [6.07, 6.45) is -0.802. The molecule has 5 N–H and O–H groups in total. The summed E-state index contributed by atoms with van der Waals surface area (Å²) in [6.45, 7) is 0.314. The Morgan fingerprint density at radius 1 is 1.27 bits per heavy atom. The molecule has 0 aliphatic carbocycles. The normalized spacial score (nSPS) is 12.7. The molecule has 15 heavy (non-hydrogen) atoms. The zero-order valence-corrected chi connectivity index (χ0v) is 8.22. The molecule has 5 heteroatoms. The number of benzene rings is 1. The molecule has 84 valence electrons. The Morgan fingerprint density at radius 3 is 2.60 bits per heavy atom. The second kappa shape index (κ2) is 5.55. The molecule has 0 bridgehead atoms. The van der Waals surface area contributed by atoms with E-state index in [0.717, 1.165) is 0 Å². The molecule has 1 aromatic rings. The number of nitrogens with one attached hydrogen (secondary N) is 1. The molecule has 1 rings (SSSR count). The Bertz CT molecular complexity index is 316. The molecule has 0 aliphatic rings. The van der Waals surface area contributed by atoms with Gasteiger partial charge in [0.25, 0.3) is 0 Å². The number of phenols is 2. The second-order valence-electron chi connectivity index (χ2n) is 3.28. The van der Waals surface area contributed by atoms with Crippen LogP contribution in [0.4, 0.5) is 0 Å². The Hall–Kier alpha value is -1.30. The van der Waals surface area contributed by atoms with Crippen molar-refractivity contribution in [2.75, 3.05) is 13.2 Å². The molecule has 0 saturated heterocycles. The summed E-state index contributed by atoms with van der Waals surface area (Å²) in [7, 11) is 0. The van der Waals surface area contributed by atoms with Gasteiger partial charge in [-0.1, -0.05) is 6.07 Å². The van der Waals surface area contributed by atoms with Crippen LogP contribution < -0.4 is 5.32 Å². The number of phenolic OH excluding ortho intramolecular Hbond substituents is 2. The van der Waals surface area contributed by atoms with Gasteiger partial charge in [-0.05, 0) is 6.07 Å². The number of hydrogen-bond donors (Lipinski definition) is 5. The second-order valence-corrected chi connectivity index (χ2v) is 3.28. The van der Waals surface area contributed by atoms with Gasteiger partial charge in [-0.15, -0.1) is 0 Å². The molecular formula is C10H15NO4. The molecule has 1 aromatic carbocycles. The third kappa shape index (κ3) is 3.75. The highest BCUT2D eigenvalue weighted by Gasteiger charge is 2.04. The first-order chi connectivity index (χ1) is 7.13. The maximum Gasteiger partial charge on any atom is 0.123 e. The molecule has 5 nitrogen and oxygen atoms in total. The van der Waals surface area contributed by atoms with Crippen molar-refractivity contribution in [3.8, 4) is 11.5 Å². The third-order valence-electron chi connectivity index (χ3n) is 1.98. The fraction of sp³-hybridized carbons (Fsp3) is 0.400. The van der Waals surface area contributed by atoms with Crippen LogP contribution in [0.5, 0.6) is 11.5 Å². The minimum absolute atomic E-state index is 0.000915. The molecule has 0 amide bonds. The topological polar surface area (TPSA) is 93.0 Å². The molecule has 0 spiro atoms. The van der Waals surface area contributed by atoms with Crippen LogP contribution in [0, 0.1) is 0 Å². The van der Waals surface area contributed by atoms with Gasteiger partial charge in [-0.2, -0.15) is 0 Å². The van der Waals surface area contributed by atoms with Crippen LogP contribution >= 0.6 is 0 Å². The van der Waals surface area contributed by atoms with Crippen molar-refractivity contribution in [3.63, 3.8) is 0 Å². The fourth-order valence-corrected chi connectivity index (χ4v) is 1.14. The van der Waals surface area contributed by atoms with Crippen molar-refractivity contribution < 1.29 is 20.4 Å². The van der Waals surface area contributed by atoms with Gasteiger partial charge in [0.05, 0.1) is 12.7 Å². The number of aliphatic hydroxyl groups excluding tert-OH is 2. The third-order valence-corrected chi connectivity index (χ3v) is 1.98.